The largest absolute Gasteiger partial charge is 0.507 e. The molecule has 0 aliphatic rings. The van der Waals surface area contributed by atoms with Crippen molar-refractivity contribution in [3.63, 3.8) is 0 Å². The molecule has 0 saturated carbocycles. The highest BCUT2D eigenvalue weighted by Crippen LogP contribution is 2.22. The van der Waals surface area contributed by atoms with Crippen LogP contribution in [0.5, 0.6) is 5.75 Å². The molecule has 3 amide bonds. The van der Waals surface area contributed by atoms with Gasteiger partial charge in [-0.05, 0) is 24.1 Å². The van der Waals surface area contributed by atoms with Crippen molar-refractivity contribution in [1.29, 1.82) is 0 Å². The Labute approximate surface area is 132 Å². The molecule has 0 bridgehead atoms. The lowest BCUT2D eigenvalue weighted by Crippen LogP contribution is -2.42. The van der Waals surface area contributed by atoms with Crippen LogP contribution < -0.4 is 10.6 Å². The summed E-state index contributed by atoms with van der Waals surface area (Å²) in [6, 6.07) is 3.19. The maximum atomic E-state index is 11.7. The number of esters is 1. The Bertz CT molecular complexity index is 574. The summed E-state index contributed by atoms with van der Waals surface area (Å²) < 4.78 is 4.70. The van der Waals surface area contributed by atoms with Crippen molar-refractivity contribution in [3.8, 4) is 5.75 Å². The number of phenolic OH excluding ortho intramolecular Hbond substituents is 1. The van der Waals surface area contributed by atoms with E-state index in [-0.39, 0.29) is 22.3 Å². The Morgan fingerprint density at radius 1 is 1.32 bits per heavy atom. The number of phenols is 1. The predicted molar refractivity (Wildman–Crippen MR) is 79.8 cm³/mol. The summed E-state index contributed by atoms with van der Waals surface area (Å²) in [5.74, 6) is -1.78. The number of aromatic hydroxyl groups is 1. The van der Waals surface area contributed by atoms with E-state index in [0.29, 0.717) is 6.54 Å². The lowest BCUT2D eigenvalue weighted by atomic mass is 10.2. The van der Waals surface area contributed by atoms with Gasteiger partial charge in [0.2, 0.25) is 0 Å². The van der Waals surface area contributed by atoms with E-state index in [1.165, 1.54) is 18.2 Å². The third-order valence-corrected chi connectivity index (χ3v) is 2.67. The van der Waals surface area contributed by atoms with Gasteiger partial charge < -0.3 is 15.2 Å². The number of benzene rings is 1. The van der Waals surface area contributed by atoms with Crippen LogP contribution in [0.4, 0.5) is 4.79 Å². The standard InChI is InChI=1S/C14H17ClN2O5/c1-8(2)6-16-14(21)17-12(19)7-22-13(20)10-4-3-9(15)5-11(10)18/h3-5,8,18H,6-7H2,1-2H3,(H2,16,17,19,21). The summed E-state index contributed by atoms with van der Waals surface area (Å²) in [4.78, 5) is 34.4. The molecule has 0 fully saturated rings. The molecule has 0 aliphatic carbocycles. The van der Waals surface area contributed by atoms with Crippen LogP contribution in [0, 0.1) is 5.92 Å². The number of amides is 3. The summed E-state index contributed by atoms with van der Waals surface area (Å²) in [7, 11) is 0. The van der Waals surface area contributed by atoms with Crippen molar-refractivity contribution in [1.82, 2.24) is 10.6 Å². The number of urea groups is 1. The molecule has 120 valence electrons. The number of halogens is 1. The third kappa shape index (κ3) is 6.01. The quantitative estimate of drug-likeness (QED) is 0.713. The van der Waals surface area contributed by atoms with Crippen molar-refractivity contribution in [2.24, 2.45) is 5.92 Å². The van der Waals surface area contributed by atoms with Crippen LogP contribution in [0.2, 0.25) is 5.02 Å². The molecule has 0 heterocycles. The number of carbonyl (C=O) groups excluding carboxylic acids is 3. The van der Waals surface area contributed by atoms with Crippen molar-refractivity contribution < 1.29 is 24.2 Å². The predicted octanol–water partition coefficient (Wildman–Crippen LogP) is 1.68. The van der Waals surface area contributed by atoms with Gasteiger partial charge in [0.1, 0.15) is 11.3 Å². The molecule has 0 aliphatic heterocycles. The van der Waals surface area contributed by atoms with Gasteiger partial charge in [-0.1, -0.05) is 25.4 Å². The Hall–Kier alpha value is -2.28. The molecule has 8 heteroatoms. The molecule has 0 unspecified atom stereocenters. The number of carbonyl (C=O) groups is 3. The first-order chi connectivity index (χ1) is 10.3. The fourth-order valence-corrected chi connectivity index (χ4v) is 1.56. The van der Waals surface area contributed by atoms with E-state index in [0.717, 1.165) is 0 Å². The average molecular weight is 329 g/mol. The molecule has 1 aromatic rings. The van der Waals surface area contributed by atoms with E-state index < -0.39 is 24.5 Å². The van der Waals surface area contributed by atoms with E-state index in [1.54, 1.807) is 0 Å². The van der Waals surface area contributed by atoms with Crippen LogP contribution in [0.15, 0.2) is 18.2 Å². The minimum atomic E-state index is -0.896. The van der Waals surface area contributed by atoms with Crippen LogP contribution in [0.3, 0.4) is 0 Å². The molecule has 0 spiro atoms. The average Bonchev–Trinajstić information content (AvgIpc) is 2.42. The first-order valence-corrected chi connectivity index (χ1v) is 6.90. The second-order valence-corrected chi connectivity index (χ2v) is 5.33. The monoisotopic (exact) mass is 328 g/mol. The van der Waals surface area contributed by atoms with E-state index >= 15 is 0 Å². The van der Waals surface area contributed by atoms with Crippen LogP contribution >= 0.6 is 11.6 Å². The number of hydrogen-bond donors (Lipinski definition) is 3. The summed E-state index contributed by atoms with van der Waals surface area (Å²) in [6.45, 7) is 3.58. The molecule has 3 N–H and O–H groups in total. The van der Waals surface area contributed by atoms with Gasteiger partial charge in [-0.3, -0.25) is 10.1 Å². The van der Waals surface area contributed by atoms with E-state index in [2.05, 4.69) is 5.32 Å². The minimum Gasteiger partial charge on any atom is -0.507 e. The molecule has 1 rings (SSSR count). The van der Waals surface area contributed by atoms with Crippen molar-refractivity contribution >= 4 is 29.5 Å². The van der Waals surface area contributed by atoms with Gasteiger partial charge in [0, 0.05) is 11.6 Å². The highest BCUT2D eigenvalue weighted by Gasteiger charge is 2.15. The minimum absolute atomic E-state index is 0.124. The van der Waals surface area contributed by atoms with Gasteiger partial charge in [-0.15, -0.1) is 0 Å². The Morgan fingerprint density at radius 2 is 2.00 bits per heavy atom. The molecule has 0 atom stereocenters. The van der Waals surface area contributed by atoms with Crippen LogP contribution in [-0.4, -0.2) is 36.2 Å². The topological polar surface area (TPSA) is 105 Å². The van der Waals surface area contributed by atoms with Gasteiger partial charge >= 0.3 is 12.0 Å². The summed E-state index contributed by atoms with van der Waals surface area (Å²) in [5, 5.41) is 14.3. The van der Waals surface area contributed by atoms with Crippen LogP contribution in [-0.2, 0) is 9.53 Å². The number of ether oxygens (including phenoxy) is 1. The van der Waals surface area contributed by atoms with E-state index in [9.17, 15) is 19.5 Å². The fraction of sp³-hybridized carbons (Fsp3) is 0.357. The molecule has 1 aromatic carbocycles. The molecule has 0 aromatic heterocycles. The van der Waals surface area contributed by atoms with E-state index in [4.69, 9.17) is 16.3 Å². The maximum absolute atomic E-state index is 11.7. The molecular formula is C14H17ClN2O5. The number of imide groups is 1. The van der Waals surface area contributed by atoms with Crippen LogP contribution in [0.1, 0.15) is 24.2 Å². The van der Waals surface area contributed by atoms with Gasteiger partial charge in [0.25, 0.3) is 5.91 Å². The normalized spacial score (nSPS) is 10.2. The SMILES string of the molecule is CC(C)CNC(=O)NC(=O)COC(=O)c1ccc(Cl)cc1O. The Kier molecular flexibility index (Phi) is 6.65. The highest BCUT2D eigenvalue weighted by molar-refractivity contribution is 6.30. The second kappa shape index (κ2) is 8.23. The Morgan fingerprint density at radius 3 is 2.59 bits per heavy atom. The lowest BCUT2D eigenvalue weighted by molar-refractivity contribution is -0.123. The first-order valence-electron chi connectivity index (χ1n) is 6.53. The van der Waals surface area contributed by atoms with Crippen molar-refractivity contribution in [3.05, 3.63) is 28.8 Å². The highest BCUT2D eigenvalue weighted by atomic mass is 35.5. The van der Waals surface area contributed by atoms with Crippen molar-refractivity contribution in [2.75, 3.05) is 13.2 Å². The van der Waals surface area contributed by atoms with Crippen LogP contribution in [0.25, 0.3) is 0 Å². The van der Waals surface area contributed by atoms with E-state index in [1.807, 2.05) is 19.2 Å². The van der Waals surface area contributed by atoms with Gasteiger partial charge in [-0.25, -0.2) is 9.59 Å². The van der Waals surface area contributed by atoms with Gasteiger partial charge in [-0.2, -0.15) is 0 Å². The van der Waals surface area contributed by atoms with Crippen molar-refractivity contribution in [2.45, 2.75) is 13.8 Å². The first kappa shape index (κ1) is 17.8. The smallest absolute Gasteiger partial charge is 0.342 e. The molecule has 7 nitrogen and oxygen atoms in total. The Balaban J connectivity index is 2.43. The zero-order valence-corrected chi connectivity index (χ0v) is 12.9. The number of nitrogens with one attached hydrogen (secondary N) is 2. The summed E-state index contributed by atoms with van der Waals surface area (Å²) in [5.41, 5.74) is -0.124. The van der Waals surface area contributed by atoms with Gasteiger partial charge in [0.15, 0.2) is 6.61 Å². The summed E-state index contributed by atoms with van der Waals surface area (Å²) in [6.07, 6.45) is 0. The summed E-state index contributed by atoms with van der Waals surface area (Å²) >= 11 is 5.64. The third-order valence-electron chi connectivity index (χ3n) is 2.44. The maximum Gasteiger partial charge on any atom is 0.342 e. The zero-order valence-electron chi connectivity index (χ0n) is 12.2. The fourth-order valence-electron chi connectivity index (χ4n) is 1.39. The molecular weight excluding hydrogens is 312 g/mol. The number of hydrogen-bond acceptors (Lipinski definition) is 5. The molecule has 22 heavy (non-hydrogen) atoms. The number of rotatable bonds is 5. The molecule has 0 saturated heterocycles. The van der Waals surface area contributed by atoms with Gasteiger partial charge in [0.05, 0.1) is 0 Å². The zero-order chi connectivity index (χ0) is 16.7. The lowest BCUT2D eigenvalue weighted by Gasteiger charge is -2.09. The second-order valence-electron chi connectivity index (χ2n) is 4.89. The molecule has 0 radical (unpaired) electrons.